The van der Waals surface area contributed by atoms with Gasteiger partial charge in [-0.3, -0.25) is 9.36 Å². The highest BCUT2D eigenvalue weighted by molar-refractivity contribution is 6.30. The Balaban J connectivity index is 2.16. The summed E-state index contributed by atoms with van der Waals surface area (Å²) < 4.78 is 85.7. The molecule has 0 bridgehead atoms. The maximum Gasteiger partial charge on any atom is 0.425 e. The summed E-state index contributed by atoms with van der Waals surface area (Å²) in [4.78, 5) is 33.0. The van der Waals surface area contributed by atoms with Crippen LogP contribution in [0.1, 0.15) is 34.2 Å². The van der Waals surface area contributed by atoms with Gasteiger partial charge in [0.25, 0.3) is 6.43 Å². The number of pyridine rings is 2. The van der Waals surface area contributed by atoms with Gasteiger partial charge in [0, 0.05) is 18.2 Å². The Morgan fingerprint density at radius 3 is 2.54 bits per heavy atom. The van der Waals surface area contributed by atoms with Gasteiger partial charge in [-0.1, -0.05) is 11.6 Å². The number of halogens is 7. The van der Waals surface area contributed by atoms with Gasteiger partial charge in [-0.2, -0.15) is 22.8 Å². The van der Waals surface area contributed by atoms with Gasteiger partial charge in [0.15, 0.2) is 29.3 Å². The molecule has 3 heterocycles. The molecule has 0 fully saturated rings. The smallest absolute Gasteiger partial charge is 0.425 e. The first-order valence-electron chi connectivity index (χ1n) is 10.4. The molecule has 0 aliphatic carbocycles. The first-order chi connectivity index (χ1) is 17.2. The zero-order chi connectivity index (χ0) is 27.7. The Kier molecular flexibility index (Phi) is 8.27. The zero-order valence-corrected chi connectivity index (χ0v) is 19.8. The Morgan fingerprint density at radius 2 is 1.97 bits per heavy atom. The van der Waals surface area contributed by atoms with Gasteiger partial charge in [0.05, 0.1) is 12.1 Å². The van der Waals surface area contributed by atoms with Crippen molar-refractivity contribution in [3.05, 3.63) is 62.3 Å². The number of ketones is 1. The number of carbonyl (C=O) groups excluding carboxylic acids is 1. The highest BCUT2D eigenvalue weighted by Gasteiger charge is 2.39. The summed E-state index contributed by atoms with van der Waals surface area (Å²) in [6.45, 7) is 0.00998. The minimum Gasteiger partial charge on any atom is -0.464 e. The van der Waals surface area contributed by atoms with Gasteiger partial charge in [0.1, 0.15) is 11.8 Å². The molecule has 3 aromatic rings. The molecule has 3 rings (SSSR count). The van der Waals surface area contributed by atoms with Gasteiger partial charge >= 0.3 is 11.9 Å². The molecule has 0 amide bonds. The van der Waals surface area contributed by atoms with Crippen LogP contribution in [0, 0.1) is 12.7 Å². The third-order valence-electron chi connectivity index (χ3n) is 5.15. The van der Waals surface area contributed by atoms with Crippen LogP contribution in [-0.4, -0.2) is 53.9 Å². The van der Waals surface area contributed by atoms with Crippen LogP contribution in [0.3, 0.4) is 0 Å². The molecule has 1 N–H and O–H groups in total. The Bertz CT molecular complexity index is 1350. The van der Waals surface area contributed by atoms with E-state index in [1.165, 1.54) is 12.3 Å². The van der Waals surface area contributed by atoms with Crippen molar-refractivity contribution in [2.75, 3.05) is 0 Å². The van der Waals surface area contributed by atoms with Crippen LogP contribution in [0.2, 0.25) is 5.15 Å². The molecule has 0 aliphatic heterocycles. The molecule has 1 atom stereocenters. The summed E-state index contributed by atoms with van der Waals surface area (Å²) in [5, 5.41) is 12.8. The number of aromatic nitrogens is 5. The lowest BCUT2D eigenvalue weighted by Gasteiger charge is -2.19. The van der Waals surface area contributed by atoms with E-state index in [9.17, 15) is 36.6 Å². The molecule has 37 heavy (non-hydrogen) atoms. The molecule has 16 heteroatoms. The fourth-order valence-corrected chi connectivity index (χ4v) is 3.44. The Morgan fingerprint density at radius 1 is 1.30 bits per heavy atom. The molecule has 0 saturated heterocycles. The fraction of sp³-hybridized carbons (Fsp3) is 0.381. The molecule has 200 valence electrons. The average Bonchev–Trinajstić information content (AvgIpc) is 3.11. The van der Waals surface area contributed by atoms with Crippen LogP contribution in [0.15, 0.2) is 23.1 Å². The zero-order valence-electron chi connectivity index (χ0n) is 19.1. The van der Waals surface area contributed by atoms with Crippen molar-refractivity contribution in [1.82, 2.24) is 24.3 Å². The van der Waals surface area contributed by atoms with Crippen LogP contribution in [0.25, 0.3) is 5.82 Å². The number of rotatable bonds is 9. The lowest BCUT2D eigenvalue weighted by molar-refractivity contribution is -0.190. The number of alkyl halides is 5. The molecule has 0 spiro atoms. The summed E-state index contributed by atoms with van der Waals surface area (Å²) in [5.74, 6) is -4.96. The van der Waals surface area contributed by atoms with Crippen LogP contribution in [-0.2, 0) is 19.6 Å². The van der Waals surface area contributed by atoms with Gasteiger partial charge in [-0.05, 0) is 31.5 Å². The molecule has 0 aromatic carbocycles. The number of hydrogen-bond acceptors (Lipinski definition) is 7. The SMILES string of the molecule is Cc1ccnc(Cl)c1CC(=O)c1cc(F)c(-n2nc(CO)n(CC(F)F)c2=O)nc1O[C@@H](C)C(F)(F)F. The van der Waals surface area contributed by atoms with Crippen LogP contribution >= 0.6 is 11.6 Å². The largest absolute Gasteiger partial charge is 0.464 e. The second-order valence-electron chi connectivity index (χ2n) is 7.72. The standard InChI is InChI=1S/C21H18ClF6N5O4/c1-9-3-4-29-17(22)11(9)6-14(35)12-5-13(23)18(30-19(12)37-10(2)21(26,27)28)33-20(36)32(7-15(24)25)16(8-34)31-33/h3-5,10,15,34H,6-8H2,1-2H3/t10-/m0/s1. The molecular weight excluding hydrogens is 536 g/mol. The number of aliphatic hydroxyl groups excluding tert-OH is 1. The van der Waals surface area contributed by atoms with E-state index in [0.717, 1.165) is 0 Å². The number of carbonyl (C=O) groups is 1. The van der Waals surface area contributed by atoms with Crippen molar-refractivity contribution >= 4 is 17.4 Å². The van der Waals surface area contributed by atoms with E-state index in [1.54, 1.807) is 6.92 Å². The predicted molar refractivity (Wildman–Crippen MR) is 116 cm³/mol. The first kappa shape index (κ1) is 28.1. The Labute approximate surface area is 209 Å². The number of Topliss-reactive ketones (excluding diaryl/α,β-unsaturated/α-hetero) is 1. The quantitative estimate of drug-likeness (QED) is 0.245. The molecule has 9 nitrogen and oxygen atoms in total. The van der Waals surface area contributed by atoms with Crippen molar-refractivity contribution in [3.63, 3.8) is 0 Å². The molecule has 0 unspecified atom stereocenters. The second-order valence-corrected chi connectivity index (χ2v) is 8.07. The van der Waals surface area contributed by atoms with Gasteiger partial charge in [-0.15, -0.1) is 5.10 Å². The maximum atomic E-state index is 15.1. The normalized spacial score (nSPS) is 12.7. The number of hydrogen-bond donors (Lipinski definition) is 1. The number of nitrogens with zero attached hydrogens (tertiary/aromatic N) is 5. The van der Waals surface area contributed by atoms with Gasteiger partial charge in [0.2, 0.25) is 5.88 Å². The van der Waals surface area contributed by atoms with E-state index in [1.807, 2.05) is 0 Å². The fourth-order valence-electron chi connectivity index (χ4n) is 3.17. The van der Waals surface area contributed by atoms with E-state index in [0.29, 0.717) is 23.1 Å². The molecule has 0 saturated carbocycles. The summed E-state index contributed by atoms with van der Waals surface area (Å²) in [7, 11) is 0. The van der Waals surface area contributed by atoms with E-state index in [2.05, 4.69) is 15.1 Å². The molecule has 3 aromatic heterocycles. The number of ether oxygens (including phenoxy) is 1. The van der Waals surface area contributed by atoms with Gasteiger partial charge < -0.3 is 9.84 Å². The van der Waals surface area contributed by atoms with Crippen LogP contribution < -0.4 is 10.4 Å². The van der Waals surface area contributed by atoms with E-state index < -0.39 is 78.7 Å². The highest BCUT2D eigenvalue weighted by atomic mass is 35.5. The summed E-state index contributed by atoms with van der Waals surface area (Å²) in [6, 6.07) is 2.01. The highest BCUT2D eigenvalue weighted by Crippen LogP contribution is 2.29. The predicted octanol–water partition coefficient (Wildman–Crippen LogP) is 3.44. The number of aliphatic hydroxyl groups is 1. The van der Waals surface area contributed by atoms with Crippen molar-refractivity contribution < 1.29 is 41.0 Å². The first-order valence-corrected chi connectivity index (χ1v) is 10.8. The molecular formula is C21H18ClF6N5O4. The monoisotopic (exact) mass is 553 g/mol. The Hall–Kier alpha value is -3.46. The van der Waals surface area contributed by atoms with E-state index in [-0.39, 0.29) is 15.4 Å². The lowest BCUT2D eigenvalue weighted by Crippen LogP contribution is -2.32. The van der Waals surface area contributed by atoms with Crippen molar-refractivity contribution in [1.29, 1.82) is 0 Å². The number of aryl methyl sites for hydroxylation is 1. The minimum atomic E-state index is -4.92. The third kappa shape index (κ3) is 6.10. The van der Waals surface area contributed by atoms with Crippen LogP contribution in [0.5, 0.6) is 5.88 Å². The third-order valence-corrected chi connectivity index (χ3v) is 5.47. The van der Waals surface area contributed by atoms with Crippen molar-refractivity contribution in [2.24, 2.45) is 0 Å². The topological polar surface area (TPSA) is 112 Å². The summed E-state index contributed by atoms with van der Waals surface area (Å²) in [6.07, 6.45) is -9.62. The summed E-state index contributed by atoms with van der Waals surface area (Å²) in [5.41, 5.74) is -1.32. The second kappa shape index (κ2) is 10.9. The molecule has 0 radical (unpaired) electrons. The minimum absolute atomic E-state index is 0.0582. The maximum absolute atomic E-state index is 15.1. The lowest BCUT2D eigenvalue weighted by atomic mass is 10.0. The average molecular weight is 554 g/mol. The molecule has 0 aliphatic rings. The van der Waals surface area contributed by atoms with E-state index >= 15 is 4.39 Å². The van der Waals surface area contributed by atoms with Crippen molar-refractivity contribution in [3.8, 4) is 11.7 Å². The van der Waals surface area contributed by atoms with Crippen molar-refractivity contribution in [2.45, 2.75) is 52.1 Å². The van der Waals surface area contributed by atoms with Gasteiger partial charge in [-0.25, -0.2) is 22.9 Å². The summed E-state index contributed by atoms with van der Waals surface area (Å²) >= 11 is 6.01. The van der Waals surface area contributed by atoms with Crippen LogP contribution in [0.4, 0.5) is 26.3 Å². The van der Waals surface area contributed by atoms with E-state index in [4.69, 9.17) is 16.3 Å².